The van der Waals surface area contributed by atoms with E-state index in [0.717, 1.165) is 28.0 Å². The second kappa shape index (κ2) is 14.0. The van der Waals surface area contributed by atoms with Crippen molar-refractivity contribution in [2.24, 2.45) is 4.99 Å². The van der Waals surface area contributed by atoms with Crippen LogP contribution in [-0.2, 0) is 26.0 Å². The molecule has 3 rings (SSSR count). The monoisotopic (exact) mass is 602 g/mol. The Bertz CT molecular complexity index is 1380. The standard InChI is InChI=1S/C28H38N6O5S2/c1-6-14-29-16-17-41(38,39)34-19-40-28(3,4)24(34)26(35)32-23(27(36)37)18-20-10-12-21(13-11-20)33(5)25-22(30-7-2)9-8-15-31-25/h6,8-16,23-24,30H,7,17-19H2,1-5H3,(H,32,35)(H,36,37)/b14-6-,29-16?/t23-,24+/m0/s1. The van der Waals surface area contributed by atoms with Crippen molar-refractivity contribution < 1.29 is 23.1 Å². The molecule has 0 saturated carbocycles. The molecule has 1 saturated heterocycles. The summed E-state index contributed by atoms with van der Waals surface area (Å²) >= 11 is 1.33. The van der Waals surface area contributed by atoms with Crippen molar-refractivity contribution in [3.05, 3.63) is 60.4 Å². The number of benzene rings is 1. The van der Waals surface area contributed by atoms with Crippen LogP contribution >= 0.6 is 11.8 Å². The SMILES string of the molecule is C/C=C\N=CCS(=O)(=O)N1CSC(C)(C)[C@H]1C(=O)N[C@@H](Cc1ccc(N(C)c2ncccc2NCC)cc1)C(=O)O. The van der Waals surface area contributed by atoms with Gasteiger partial charge in [-0.25, -0.2) is 18.2 Å². The third kappa shape index (κ3) is 8.08. The number of amides is 1. The Balaban J connectivity index is 1.75. The van der Waals surface area contributed by atoms with Gasteiger partial charge in [0.05, 0.1) is 17.3 Å². The fraction of sp³-hybridized carbons (Fsp3) is 0.429. The molecule has 0 radical (unpaired) electrons. The average molecular weight is 603 g/mol. The van der Waals surface area contributed by atoms with Crippen LogP contribution in [0.1, 0.15) is 33.3 Å². The third-order valence-corrected chi connectivity index (χ3v) is 9.75. The van der Waals surface area contributed by atoms with Crippen molar-refractivity contribution in [2.45, 2.75) is 50.9 Å². The Hall–Kier alpha value is -3.42. The largest absolute Gasteiger partial charge is 0.480 e. The molecule has 0 unspecified atom stereocenters. The summed E-state index contributed by atoms with van der Waals surface area (Å²) in [7, 11) is -1.96. The molecule has 11 nitrogen and oxygen atoms in total. The third-order valence-electron chi connectivity index (χ3n) is 6.59. The van der Waals surface area contributed by atoms with Gasteiger partial charge in [0.15, 0.2) is 5.82 Å². The number of carbonyl (C=O) groups excluding carboxylic acids is 1. The molecule has 0 spiro atoms. The number of hydrogen-bond acceptors (Lipinski definition) is 9. The number of anilines is 3. The van der Waals surface area contributed by atoms with E-state index in [0.29, 0.717) is 5.56 Å². The number of carbonyl (C=O) groups is 2. The van der Waals surface area contributed by atoms with E-state index in [2.05, 4.69) is 20.6 Å². The minimum absolute atomic E-state index is 0.0281. The van der Waals surface area contributed by atoms with Gasteiger partial charge in [0, 0.05) is 49.1 Å². The lowest BCUT2D eigenvalue weighted by molar-refractivity contribution is -0.142. The molecule has 13 heteroatoms. The van der Waals surface area contributed by atoms with E-state index < -0.39 is 38.7 Å². The fourth-order valence-electron chi connectivity index (χ4n) is 4.45. The molecule has 1 aliphatic heterocycles. The number of pyridine rings is 1. The summed E-state index contributed by atoms with van der Waals surface area (Å²) in [4.78, 5) is 35.9. The van der Waals surface area contributed by atoms with Crippen molar-refractivity contribution in [2.75, 3.05) is 35.4 Å². The van der Waals surface area contributed by atoms with E-state index in [1.54, 1.807) is 45.2 Å². The summed E-state index contributed by atoms with van der Waals surface area (Å²) in [6, 6.07) is 8.82. The van der Waals surface area contributed by atoms with Crippen LogP contribution in [0.2, 0.25) is 0 Å². The fourth-order valence-corrected chi connectivity index (χ4v) is 7.47. The van der Waals surface area contributed by atoms with Gasteiger partial charge in [-0.2, -0.15) is 4.31 Å². The molecule has 0 aliphatic carbocycles. The van der Waals surface area contributed by atoms with Crippen molar-refractivity contribution in [1.82, 2.24) is 14.6 Å². The molecule has 1 aromatic heterocycles. The molecule has 1 aliphatic rings. The zero-order chi connectivity index (χ0) is 30.2. The van der Waals surface area contributed by atoms with Crippen LogP contribution in [0.3, 0.4) is 0 Å². The van der Waals surface area contributed by atoms with Crippen molar-refractivity contribution in [3.63, 3.8) is 0 Å². The molecule has 2 atom stereocenters. The van der Waals surface area contributed by atoms with Gasteiger partial charge in [-0.05, 0) is 57.5 Å². The summed E-state index contributed by atoms with van der Waals surface area (Å²) in [6.45, 7) is 8.08. The number of carboxylic acid groups (broad SMARTS) is 1. The van der Waals surface area contributed by atoms with E-state index in [1.165, 1.54) is 24.2 Å². The van der Waals surface area contributed by atoms with E-state index in [-0.39, 0.29) is 18.1 Å². The summed E-state index contributed by atoms with van der Waals surface area (Å²) < 4.78 is 26.5. The molecule has 222 valence electrons. The number of hydrogen-bond donors (Lipinski definition) is 3. The molecular formula is C28H38N6O5S2. The Kier molecular flexibility index (Phi) is 10.9. The van der Waals surface area contributed by atoms with E-state index in [1.807, 2.05) is 43.1 Å². The first-order valence-corrected chi connectivity index (χ1v) is 15.8. The van der Waals surface area contributed by atoms with Crippen molar-refractivity contribution >= 4 is 57.1 Å². The quantitative estimate of drug-likeness (QED) is 0.294. The second-order valence-electron chi connectivity index (χ2n) is 9.99. The van der Waals surface area contributed by atoms with E-state index in [9.17, 15) is 23.1 Å². The summed E-state index contributed by atoms with van der Waals surface area (Å²) in [5, 5.41) is 15.8. The van der Waals surface area contributed by atoms with Gasteiger partial charge in [0.2, 0.25) is 15.9 Å². The predicted octanol–water partition coefficient (Wildman–Crippen LogP) is 3.48. The number of aromatic nitrogens is 1. The van der Waals surface area contributed by atoms with Gasteiger partial charge < -0.3 is 20.6 Å². The van der Waals surface area contributed by atoms with Crippen molar-refractivity contribution in [3.8, 4) is 0 Å². The van der Waals surface area contributed by atoms with Crippen LogP contribution in [-0.4, -0.2) is 83.0 Å². The molecule has 1 fully saturated rings. The average Bonchev–Trinajstić information content (AvgIpc) is 3.27. The van der Waals surface area contributed by atoms with Gasteiger partial charge >= 0.3 is 5.97 Å². The van der Waals surface area contributed by atoms with Crippen LogP contribution in [0.4, 0.5) is 17.2 Å². The summed E-state index contributed by atoms with van der Waals surface area (Å²) in [5.74, 6) is -1.38. The zero-order valence-corrected chi connectivity index (χ0v) is 25.6. The minimum atomic E-state index is -3.86. The Morgan fingerprint density at radius 2 is 2.00 bits per heavy atom. The van der Waals surface area contributed by atoms with Crippen molar-refractivity contribution in [1.29, 1.82) is 0 Å². The summed E-state index contributed by atoms with van der Waals surface area (Å²) in [5.41, 5.74) is 2.45. The first-order valence-electron chi connectivity index (χ1n) is 13.2. The number of aliphatic imine (C=N–C) groups is 1. The predicted molar refractivity (Wildman–Crippen MR) is 165 cm³/mol. The van der Waals surface area contributed by atoms with Crippen LogP contribution in [0, 0.1) is 0 Å². The number of nitrogens with one attached hydrogen (secondary N) is 2. The molecule has 2 aromatic rings. The number of carboxylic acids is 1. The highest BCUT2D eigenvalue weighted by Gasteiger charge is 2.50. The maximum absolute atomic E-state index is 13.4. The van der Waals surface area contributed by atoms with Gasteiger partial charge in [-0.3, -0.25) is 9.79 Å². The highest BCUT2D eigenvalue weighted by Crippen LogP contribution is 2.41. The maximum Gasteiger partial charge on any atom is 0.326 e. The molecule has 1 amide bonds. The highest BCUT2D eigenvalue weighted by molar-refractivity contribution is 8.02. The second-order valence-corrected chi connectivity index (χ2v) is 13.6. The molecular weight excluding hydrogens is 564 g/mol. The Morgan fingerprint density at radius 3 is 2.63 bits per heavy atom. The van der Waals surface area contributed by atoms with Crippen LogP contribution in [0.15, 0.2) is 59.9 Å². The lowest BCUT2D eigenvalue weighted by atomic mass is 10.0. The number of allylic oxidation sites excluding steroid dienone is 1. The van der Waals surface area contributed by atoms with E-state index >= 15 is 0 Å². The number of sulfonamides is 1. The van der Waals surface area contributed by atoms with Gasteiger partial charge in [-0.1, -0.05) is 18.2 Å². The first-order chi connectivity index (χ1) is 19.4. The zero-order valence-electron chi connectivity index (χ0n) is 23.9. The first kappa shape index (κ1) is 32.1. The number of rotatable bonds is 13. The van der Waals surface area contributed by atoms with Crippen LogP contribution in [0.5, 0.6) is 0 Å². The van der Waals surface area contributed by atoms with E-state index in [4.69, 9.17) is 0 Å². The maximum atomic E-state index is 13.4. The normalized spacial score (nSPS) is 18.0. The van der Waals surface area contributed by atoms with Crippen LogP contribution in [0.25, 0.3) is 0 Å². The Labute approximate surface area is 246 Å². The molecule has 0 bridgehead atoms. The number of aliphatic carboxylic acids is 1. The smallest absolute Gasteiger partial charge is 0.326 e. The molecule has 41 heavy (non-hydrogen) atoms. The number of thioether (sulfide) groups is 1. The topological polar surface area (TPSA) is 144 Å². The molecule has 2 heterocycles. The Morgan fingerprint density at radius 1 is 1.29 bits per heavy atom. The lowest BCUT2D eigenvalue weighted by Crippen LogP contribution is -2.57. The van der Waals surface area contributed by atoms with Gasteiger partial charge in [0.1, 0.15) is 12.1 Å². The minimum Gasteiger partial charge on any atom is -0.480 e. The lowest BCUT2D eigenvalue weighted by Gasteiger charge is -2.30. The van der Waals surface area contributed by atoms with Gasteiger partial charge in [-0.15, -0.1) is 11.8 Å². The molecule has 1 aromatic carbocycles. The highest BCUT2D eigenvalue weighted by atomic mass is 32.2. The van der Waals surface area contributed by atoms with Crippen LogP contribution < -0.4 is 15.5 Å². The number of nitrogens with zero attached hydrogens (tertiary/aromatic N) is 4. The van der Waals surface area contributed by atoms with Gasteiger partial charge in [0.25, 0.3) is 0 Å². The summed E-state index contributed by atoms with van der Waals surface area (Å²) in [6.07, 6.45) is 6.17. The molecule has 3 N–H and O–H groups in total.